The molecule has 8 heteroatoms. The summed E-state index contributed by atoms with van der Waals surface area (Å²) in [6, 6.07) is 2.28. The van der Waals surface area contributed by atoms with Gasteiger partial charge in [-0.15, -0.1) is 0 Å². The van der Waals surface area contributed by atoms with Crippen LogP contribution in [0.15, 0.2) is 12.1 Å². The highest BCUT2D eigenvalue weighted by molar-refractivity contribution is 6.32. The van der Waals surface area contributed by atoms with Gasteiger partial charge in [0.15, 0.2) is 11.5 Å². The summed E-state index contributed by atoms with van der Waals surface area (Å²) in [6.45, 7) is 0.0541. The number of carbonyl (C=O) groups is 3. The number of benzene rings is 1. The van der Waals surface area contributed by atoms with Crippen molar-refractivity contribution in [1.29, 1.82) is 0 Å². The number of ether oxygens (including phenoxy) is 2. The van der Waals surface area contributed by atoms with E-state index in [0.717, 1.165) is 12.8 Å². The highest BCUT2D eigenvalue weighted by atomic mass is 35.5. The van der Waals surface area contributed by atoms with Gasteiger partial charge in [-0.1, -0.05) is 11.6 Å². The average Bonchev–Trinajstić information content (AvgIpc) is 3.11. The second kappa shape index (κ2) is 5.13. The van der Waals surface area contributed by atoms with Crippen LogP contribution in [0.3, 0.4) is 0 Å². The van der Waals surface area contributed by atoms with E-state index in [1.54, 1.807) is 6.07 Å². The van der Waals surface area contributed by atoms with E-state index in [-0.39, 0.29) is 36.1 Å². The van der Waals surface area contributed by atoms with Crippen molar-refractivity contribution in [2.75, 3.05) is 6.79 Å². The van der Waals surface area contributed by atoms with Crippen molar-refractivity contribution >= 4 is 29.3 Å². The predicted octanol–water partition coefficient (Wildman–Crippen LogP) is 1.09. The summed E-state index contributed by atoms with van der Waals surface area (Å²) in [7, 11) is 0. The zero-order valence-electron chi connectivity index (χ0n) is 12.0. The summed E-state index contributed by atoms with van der Waals surface area (Å²) in [5.74, 6) is -0.301. The summed E-state index contributed by atoms with van der Waals surface area (Å²) in [5, 5.41) is 2.53. The molecule has 1 unspecified atom stereocenters. The van der Waals surface area contributed by atoms with E-state index in [2.05, 4.69) is 5.32 Å². The molecule has 120 valence electrons. The summed E-state index contributed by atoms with van der Waals surface area (Å²) in [5.41, 5.74) is 0.318. The normalized spacial score (nSPS) is 22.2. The van der Waals surface area contributed by atoms with Gasteiger partial charge in [-0.25, -0.2) is 0 Å². The molecule has 0 aromatic heterocycles. The lowest BCUT2D eigenvalue weighted by molar-refractivity contribution is -0.126. The molecule has 1 atom stereocenters. The number of nitrogens with one attached hydrogen (secondary N) is 1. The van der Waals surface area contributed by atoms with Crippen molar-refractivity contribution in [3.63, 3.8) is 0 Å². The topological polar surface area (TPSA) is 84.9 Å². The van der Waals surface area contributed by atoms with E-state index >= 15 is 0 Å². The predicted molar refractivity (Wildman–Crippen MR) is 78.3 cm³/mol. The number of carbonyl (C=O) groups excluding carboxylic acids is 3. The van der Waals surface area contributed by atoms with Gasteiger partial charge in [-0.05, 0) is 25.0 Å². The fourth-order valence-electron chi connectivity index (χ4n) is 2.92. The minimum Gasteiger partial charge on any atom is -0.454 e. The Kier molecular flexibility index (Phi) is 3.19. The van der Waals surface area contributed by atoms with Gasteiger partial charge in [-0.3, -0.25) is 19.7 Å². The number of fused-ring (bicyclic) bond motifs is 1. The van der Waals surface area contributed by atoms with E-state index < -0.39 is 11.9 Å². The first kappa shape index (κ1) is 14.3. The lowest BCUT2D eigenvalue weighted by Gasteiger charge is -2.27. The molecule has 0 spiro atoms. The maximum atomic E-state index is 12.9. The number of halogens is 1. The Morgan fingerprint density at radius 2 is 2.04 bits per heavy atom. The van der Waals surface area contributed by atoms with Gasteiger partial charge in [0.05, 0.1) is 11.4 Å². The molecule has 3 aliphatic rings. The summed E-state index contributed by atoms with van der Waals surface area (Å²) in [4.78, 5) is 37.8. The molecule has 2 heterocycles. The van der Waals surface area contributed by atoms with Crippen LogP contribution in [0.25, 0.3) is 0 Å². The van der Waals surface area contributed by atoms with Crippen LogP contribution in [0, 0.1) is 0 Å². The number of hydrogen-bond acceptors (Lipinski definition) is 5. The van der Waals surface area contributed by atoms with Crippen molar-refractivity contribution in [2.24, 2.45) is 0 Å². The van der Waals surface area contributed by atoms with Gasteiger partial charge in [0.1, 0.15) is 6.04 Å². The monoisotopic (exact) mass is 336 g/mol. The number of imide groups is 1. The van der Waals surface area contributed by atoms with Gasteiger partial charge in [-0.2, -0.15) is 0 Å². The van der Waals surface area contributed by atoms with Crippen LogP contribution in [0.2, 0.25) is 5.02 Å². The first-order chi connectivity index (χ1) is 11.0. The molecule has 0 bridgehead atoms. The molecule has 1 aliphatic carbocycles. The highest BCUT2D eigenvalue weighted by Crippen LogP contribution is 2.41. The van der Waals surface area contributed by atoms with Crippen LogP contribution in [-0.4, -0.2) is 41.5 Å². The van der Waals surface area contributed by atoms with Crippen LogP contribution in [0.5, 0.6) is 11.5 Å². The van der Waals surface area contributed by atoms with Crippen LogP contribution < -0.4 is 14.8 Å². The molecule has 2 aliphatic heterocycles. The average molecular weight is 337 g/mol. The number of amides is 3. The smallest absolute Gasteiger partial charge is 0.254 e. The molecule has 7 nitrogen and oxygen atoms in total. The summed E-state index contributed by atoms with van der Waals surface area (Å²) < 4.78 is 10.5. The Hall–Kier alpha value is -2.28. The van der Waals surface area contributed by atoms with Gasteiger partial charge in [0.2, 0.25) is 18.6 Å². The lowest BCUT2D eigenvalue weighted by Crippen LogP contribution is -2.45. The minimum absolute atomic E-state index is 0.000638. The van der Waals surface area contributed by atoms with Crippen LogP contribution in [0.4, 0.5) is 0 Å². The molecule has 4 rings (SSSR count). The maximum Gasteiger partial charge on any atom is 0.254 e. The van der Waals surface area contributed by atoms with E-state index in [1.807, 2.05) is 0 Å². The van der Waals surface area contributed by atoms with Crippen molar-refractivity contribution in [3.05, 3.63) is 22.7 Å². The van der Waals surface area contributed by atoms with E-state index in [1.165, 1.54) is 11.0 Å². The first-order valence-corrected chi connectivity index (χ1v) is 7.68. The molecule has 1 saturated carbocycles. The van der Waals surface area contributed by atoms with Crippen molar-refractivity contribution in [1.82, 2.24) is 10.2 Å². The molecule has 23 heavy (non-hydrogen) atoms. The van der Waals surface area contributed by atoms with E-state index in [4.69, 9.17) is 21.1 Å². The largest absolute Gasteiger partial charge is 0.454 e. The number of rotatable bonds is 3. The number of nitrogens with zero attached hydrogens (tertiary/aromatic N) is 1. The van der Waals surface area contributed by atoms with Crippen LogP contribution in [-0.2, 0) is 9.59 Å². The Morgan fingerprint density at radius 1 is 1.26 bits per heavy atom. The van der Waals surface area contributed by atoms with Gasteiger partial charge < -0.3 is 14.4 Å². The molecule has 1 aromatic carbocycles. The molecule has 3 amide bonds. The molecular formula is C15H13ClN2O5. The fourth-order valence-corrected chi connectivity index (χ4v) is 3.18. The Bertz CT molecular complexity index is 731. The Morgan fingerprint density at radius 3 is 2.70 bits per heavy atom. The first-order valence-electron chi connectivity index (χ1n) is 7.30. The third-order valence-corrected chi connectivity index (χ3v) is 4.41. The molecule has 1 aromatic rings. The molecular weight excluding hydrogens is 324 g/mol. The van der Waals surface area contributed by atoms with Gasteiger partial charge in [0, 0.05) is 11.6 Å². The Labute approximate surface area is 136 Å². The Balaban J connectivity index is 1.67. The standard InChI is InChI=1S/C15H13ClN2O5/c16-9-3-7(4-11-13(9)23-6-22-11)15(21)18(8-1-2-8)10-5-12(19)17-14(10)20/h3-4,8,10H,1-2,5-6H2,(H,17,19,20). The van der Waals surface area contributed by atoms with Gasteiger partial charge in [0.25, 0.3) is 5.91 Å². The molecule has 2 fully saturated rings. The van der Waals surface area contributed by atoms with Crippen molar-refractivity contribution in [3.8, 4) is 11.5 Å². The SMILES string of the molecule is O=C1CC(N(C(=O)c2cc(Cl)c3c(c2)OCO3)C2CC2)C(=O)N1. The second-order valence-electron chi connectivity index (χ2n) is 5.77. The van der Waals surface area contributed by atoms with E-state index in [9.17, 15) is 14.4 Å². The molecule has 0 radical (unpaired) electrons. The zero-order chi connectivity index (χ0) is 16.1. The highest BCUT2D eigenvalue weighted by Gasteiger charge is 2.45. The quantitative estimate of drug-likeness (QED) is 0.835. The lowest BCUT2D eigenvalue weighted by atomic mass is 10.1. The third kappa shape index (κ3) is 2.41. The van der Waals surface area contributed by atoms with Crippen LogP contribution >= 0.6 is 11.6 Å². The third-order valence-electron chi connectivity index (χ3n) is 4.13. The zero-order valence-corrected chi connectivity index (χ0v) is 12.8. The number of hydrogen-bond donors (Lipinski definition) is 1. The summed E-state index contributed by atoms with van der Waals surface area (Å²) >= 11 is 6.12. The van der Waals surface area contributed by atoms with E-state index in [0.29, 0.717) is 17.1 Å². The second-order valence-corrected chi connectivity index (χ2v) is 6.18. The van der Waals surface area contributed by atoms with Crippen molar-refractivity contribution < 1.29 is 23.9 Å². The fraction of sp³-hybridized carbons (Fsp3) is 0.400. The van der Waals surface area contributed by atoms with Crippen LogP contribution in [0.1, 0.15) is 29.6 Å². The minimum atomic E-state index is -0.758. The molecule has 1 saturated heterocycles. The van der Waals surface area contributed by atoms with Crippen molar-refractivity contribution in [2.45, 2.75) is 31.3 Å². The van der Waals surface area contributed by atoms with Gasteiger partial charge >= 0.3 is 0 Å². The maximum absolute atomic E-state index is 12.9. The molecule has 1 N–H and O–H groups in total. The summed E-state index contributed by atoms with van der Waals surface area (Å²) in [6.07, 6.45) is 1.64.